The fourth-order valence-electron chi connectivity index (χ4n) is 1.89. The Bertz CT molecular complexity index is 462. The molecule has 3 N–H and O–H groups in total. The lowest BCUT2D eigenvalue weighted by Gasteiger charge is -2.13. The maximum absolute atomic E-state index is 12.0. The van der Waals surface area contributed by atoms with Crippen LogP contribution >= 0.6 is 0 Å². The number of nitrogens with two attached hydrogens (primary N) is 1. The number of aryl methyl sites for hydroxylation is 2. The number of benzene rings is 1. The van der Waals surface area contributed by atoms with Crippen LogP contribution in [0.25, 0.3) is 0 Å². The van der Waals surface area contributed by atoms with Gasteiger partial charge in [-0.25, -0.2) is 0 Å². The maximum atomic E-state index is 12.0. The standard InChI is InChI=1S/C14H20N2O/c1-9-6-10(2)12(15)7-11(9)13(17)16-8-14(3)4-5-14/h6-7H,4-5,8,15H2,1-3H3,(H,16,17). The van der Waals surface area contributed by atoms with Crippen LogP contribution in [0.3, 0.4) is 0 Å². The molecule has 1 amide bonds. The van der Waals surface area contributed by atoms with Crippen molar-refractivity contribution in [2.75, 3.05) is 12.3 Å². The van der Waals surface area contributed by atoms with E-state index >= 15 is 0 Å². The molecule has 1 aromatic rings. The van der Waals surface area contributed by atoms with Gasteiger partial charge in [0.25, 0.3) is 5.91 Å². The molecule has 0 spiro atoms. The summed E-state index contributed by atoms with van der Waals surface area (Å²) in [5, 5.41) is 2.99. The monoisotopic (exact) mass is 232 g/mol. The van der Waals surface area contributed by atoms with Crippen molar-refractivity contribution in [1.29, 1.82) is 0 Å². The zero-order chi connectivity index (χ0) is 12.6. The predicted molar refractivity (Wildman–Crippen MR) is 70.0 cm³/mol. The van der Waals surface area contributed by atoms with Gasteiger partial charge in [0.05, 0.1) is 0 Å². The van der Waals surface area contributed by atoms with Crippen molar-refractivity contribution in [3.63, 3.8) is 0 Å². The quantitative estimate of drug-likeness (QED) is 0.786. The molecule has 0 saturated heterocycles. The average molecular weight is 232 g/mol. The molecule has 3 nitrogen and oxygen atoms in total. The van der Waals surface area contributed by atoms with Crippen LogP contribution in [-0.2, 0) is 0 Å². The lowest BCUT2D eigenvalue weighted by molar-refractivity contribution is 0.0945. The zero-order valence-corrected chi connectivity index (χ0v) is 10.8. The van der Waals surface area contributed by atoms with Crippen molar-refractivity contribution in [3.8, 4) is 0 Å². The van der Waals surface area contributed by atoms with E-state index < -0.39 is 0 Å². The molecule has 0 aliphatic heterocycles. The van der Waals surface area contributed by atoms with Crippen molar-refractivity contribution in [1.82, 2.24) is 5.32 Å². The van der Waals surface area contributed by atoms with Crippen LogP contribution in [-0.4, -0.2) is 12.5 Å². The molecule has 0 bridgehead atoms. The van der Waals surface area contributed by atoms with Gasteiger partial charge in [0.1, 0.15) is 0 Å². The molecular weight excluding hydrogens is 212 g/mol. The Balaban J connectivity index is 2.10. The second-order valence-electron chi connectivity index (χ2n) is 5.52. The van der Waals surface area contributed by atoms with Crippen LogP contribution in [0.1, 0.15) is 41.3 Å². The minimum absolute atomic E-state index is 0.0117. The molecule has 1 aromatic carbocycles. The average Bonchev–Trinajstić information content (AvgIpc) is 2.99. The van der Waals surface area contributed by atoms with Gasteiger partial charge in [-0.05, 0) is 49.3 Å². The first-order valence-electron chi connectivity index (χ1n) is 6.06. The van der Waals surface area contributed by atoms with Crippen LogP contribution in [0, 0.1) is 19.3 Å². The van der Waals surface area contributed by atoms with E-state index in [2.05, 4.69) is 12.2 Å². The highest BCUT2D eigenvalue weighted by atomic mass is 16.1. The van der Waals surface area contributed by atoms with E-state index in [1.807, 2.05) is 19.9 Å². The van der Waals surface area contributed by atoms with Gasteiger partial charge in [-0.1, -0.05) is 13.0 Å². The largest absolute Gasteiger partial charge is 0.398 e. The molecule has 2 rings (SSSR count). The number of carbonyl (C=O) groups excluding carboxylic acids is 1. The highest BCUT2D eigenvalue weighted by molar-refractivity contribution is 5.96. The Morgan fingerprint density at radius 1 is 1.35 bits per heavy atom. The molecule has 0 aromatic heterocycles. The number of nitrogens with one attached hydrogen (secondary N) is 1. The minimum Gasteiger partial charge on any atom is -0.398 e. The molecule has 0 heterocycles. The van der Waals surface area contributed by atoms with E-state index in [1.165, 1.54) is 12.8 Å². The fourth-order valence-corrected chi connectivity index (χ4v) is 1.89. The third-order valence-electron chi connectivity index (χ3n) is 3.64. The van der Waals surface area contributed by atoms with Gasteiger partial charge < -0.3 is 11.1 Å². The third kappa shape index (κ3) is 2.60. The number of rotatable bonds is 3. The van der Waals surface area contributed by atoms with Crippen LogP contribution in [0.5, 0.6) is 0 Å². The Hall–Kier alpha value is -1.51. The van der Waals surface area contributed by atoms with E-state index in [9.17, 15) is 4.79 Å². The van der Waals surface area contributed by atoms with Gasteiger partial charge >= 0.3 is 0 Å². The minimum atomic E-state index is -0.0117. The van der Waals surface area contributed by atoms with Crippen LogP contribution < -0.4 is 11.1 Å². The zero-order valence-electron chi connectivity index (χ0n) is 10.8. The molecule has 17 heavy (non-hydrogen) atoms. The SMILES string of the molecule is Cc1cc(C)c(C(=O)NCC2(C)CC2)cc1N. The number of nitrogen functional groups attached to an aromatic ring is 1. The summed E-state index contributed by atoms with van der Waals surface area (Å²) in [6, 6.07) is 3.73. The Morgan fingerprint density at radius 3 is 2.59 bits per heavy atom. The molecule has 0 radical (unpaired) electrons. The summed E-state index contributed by atoms with van der Waals surface area (Å²) in [4.78, 5) is 12.0. The van der Waals surface area contributed by atoms with Gasteiger partial charge in [-0.2, -0.15) is 0 Å². The lowest BCUT2D eigenvalue weighted by Crippen LogP contribution is -2.29. The van der Waals surface area contributed by atoms with Crippen molar-refractivity contribution in [2.45, 2.75) is 33.6 Å². The molecule has 92 valence electrons. The normalized spacial score (nSPS) is 16.6. The number of hydrogen-bond acceptors (Lipinski definition) is 2. The van der Waals surface area contributed by atoms with Crippen LogP contribution in [0.4, 0.5) is 5.69 Å². The van der Waals surface area contributed by atoms with Crippen molar-refractivity contribution in [2.24, 2.45) is 5.41 Å². The van der Waals surface area contributed by atoms with Gasteiger partial charge in [0, 0.05) is 17.8 Å². The highest BCUT2D eigenvalue weighted by Gasteiger charge is 2.37. The summed E-state index contributed by atoms with van der Waals surface area (Å²) in [7, 11) is 0. The Kier molecular flexibility index (Phi) is 2.86. The summed E-state index contributed by atoms with van der Waals surface area (Å²) in [5.41, 5.74) is 9.55. The second kappa shape index (κ2) is 4.06. The number of amides is 1. The fraction of sp³-hybridized carbons (Fsp3) is 0.500. The summed E-state index contributed by atoms with van der Waals surface area (Å²) in [6.07, 6.45) is 2.42. The van der Waals surface area contributed by atoms with E-state index in [1.54, 1.807) is 6.07 Å². The van der Waals surface area contributed by atoms with Gasteiger partial charge in [0.2, 0.25) is 0 Å². The summed E-state index contributed by atoms with van der Waals surface area (Å²) >= 11 is 0. The van der Waals surface area contributed by atoms with Gasteiger partial charge in [0.15, 0.2) is 0 Å². The van der Waals surface area contributed by atoms with Gasteiger partial charge in [-0.15, -0.1) is 0 Å². The van der Waals surface area contributed by atoms with Gasteiger partial charge in [-0.3, -0.25) is 4.79 Å². The lowest BCUT2D eigenvalue weighted by atomic mass is 10.0. The van der Waals surface area contributed by atoms with E-state index in [0.29, 0.717) is 16.7 Å². The van der Waals surface area contributed by atoms with E-state index in [0.717, 1.165) is 17.7 Å². The smallest absolute Gasteiger partial charge is 0.251 e. The topological polar surface area (TPSA) is 55.1 Å². The number of hydrogen-bond donors (Lipinski definition) is 2. The third-order valence-corrected chi connectivity index (χ3v) is 3.64. The molecule has 1 aliphatic carbocycles. The Labute approximate surface area is 102 Å². The van der Waals surface area contributed by atoms with E-state index in [4.69, 9.17) is 5.73 Å². The molecule has 0 atom stereocenters. The predicted octanol–water partition coefficient (Wildman–Crippen LogP) is 2.42. The molecule has 3 heteroatoms. The van der Waals surface area contributed by atoms with E-state index in [-0.39, 0.29) is 5.91 Å². The first kappa shape index (κ1) is 12.0. The van der Waals surface area contributed by atoms with Crippen molar-refractivity contribution >= 4 is 11.6 Å². The molecule has 1 fully saturated rings. The highest BCUT2D eigenvalue weighted by Crippen LogP contribution is 2.44. The first-order valence-corrected chi connectivity index (χ1v) is 6.06. The summed E-state index contributed by atoms with van der Waals surface area (Å²) < 4.78 is 0. The molecular formula is C14H20N2O. The molecule has 0 unspecified atom stereocenters. The summed E-state index contributed by atoms with van der Waals surface area (Å²) in [5.74, 6) is -0.0117. The van der Waals surface area contributed by atoms with Crippen LogP contribution in [0.15, 0.2) is 12.1 Å². The second-order valence-corrected chi connectivity index (χ2v) is 5.52. The maximum Gasteiger partial charge on any atom is 0.251 e. The first-order chi connectivity index (χ1) is 7.91. The Morgan fingerprint density at radius 2 is 2.00 bits per heavy atom. The van der Waals surface area contributed by atoms with Crippen molar-refractivity contribution in [3.05, 3.63) is 28.8 Å². The summed E-state index contributed by atoms with van der Waals surface area (Å²) in [6.45, 7) is 6.86. The van der Waals surface area contributed by atoms with Crippen LogP contribution in [0.2, 0.25) is 0 Å². The van der Waals surface area contributed by atoms with Crippen molar-refractivity contribution < 1.29 is 4.79 Å². The molecule has 1 aliphatic rings. The number of carbonyl (C=O) groups is 1. The number of anilines is 1. The molecule has 1 saturated carbocycles.